The molecule has 128 valence electrons. The van der Waals surface area contributed by atoms with E-state index in [1.165, 1.54) is 57.5 Å². The number of halogens is 1. The highest BCUT2D eigenvalue weighted by Gasteiger charge is 2.19. The highest BCUT2D eigenvalue weighted by Crippen LogP contribution is 2.36. The Bertz CT molecular complexity index is 863. The number of carbonyl (C=O) groups is 1. The van der Waals surface area contributed by atoms with Crippen LogP contribution < -0.4 is 14.2 Å². The molecule has 2 aromatic rings. The van der Waals surface area contributed by atoms with Crippen LogP contribution >= 0.6 is 11.6 Å². The zero-order valence-electron chi connectivity index (χ0n) is 13.3. The van der Waals surface area contributed by atoms with Gasteiger partial charge < -0.3 is 9.47 Å². The molecule has 0 fully saturated rings. The summed E-state index contributed by atoms with van der Waals surface area (Å²) in [6, 6.07) is 8.52. The molecule has 0 aliphatic heterocycles. The summed E-state index contributed by atoms with van der Waals surface area (Å²) in [6.45, 7) is 1.41. The number of nitrogens with one attached hydrogen (secondary N) is 1. The monoisotopic (exact) mass is 369 g/mol. The van der Waals surface area contributed by atoms with Crippen molar-refractivity contribution in [1.29, 1.82) is 0 Å². The summed E-state index contributed by atoms with van der Waals surface area (Å²) in [6.07, 6.45) is 0. The Labute approximate surface area is 145 Å². The van der Waals surface area contributed by atoms with Crippen LogP contribution in [0, 0.1) is 0 Å². The molecule has 0 heterocycles. The summed E-state index contributed by atoms with van der Waals surface area (Å²) in [7, 11) is -1.04. The van der Waals surface area contributed by atoms with Crippen LogP contribution in [0.4, 0.5) is 5.69 Å². The van der Waals surface area contributed by atoms with Crippen LogP contribution in [0.3, 0.4) is 0 Å². The summed E-state index contributed by atoms with van der Waals surface area (Å²) < 4.78 is 37.7. The van der Waals surface area contributed by atoms with E-state index < -0.39 is 10.0 Å². The standard InChI is InChI=1S/C16H16ClNO5S/c1-10(19)11-4-6-12(7-5-11)24(20,21)18-14-9-15(22-2)13(17)8-16(14)23-3/h4-9,18H,1-3H3. The average molecular weight is 370 g/mol. The number of sulfonamides is 1. The first-order valence-corrected chi connectivity index (χ1v) is 8.70. The van der Waals surface area contributed by atoms with Gasteiger partial charge in [-0.1, -0.05) is 23.7 Å². The molecule has 6 nitrogen and oxygen atoms in total. The van der Waals surface area contributed by atoms with Gasteiger partial charge >= 0.3 is 0 Å². The van der Waals surface area contributed by atoms with Crippen LogP contribution in [0.2, 0.25) is 5.02 Å². The molecule has 0 aliphatic rings. The maximum absolute atomic E-state index is 12.5. The fraction of sp³-hybridized carbons (Fsp3) is 0.188. The van der Waals surface area contributed by atoms with Gasteiger partial charge in [-0.3, -0.25) is 9.52 Å². The lowest BCUT2D eigenvalue weighted by Crippen LogP contribution is -2.14. The zero-order chi connectivity index (χ0) is 17.9. The van der Waals surface area contributed by atoms with Crippen molar-refractivity contribution in [3.8, 4) is 11.5 Å². The Balaban J connectivity index is 2.40. The zero-order valence-corrected chi connectivity index (χ0v) is 14.9. The van der Waals surface area contributed by atoms with Crippen LogP contribution in [0.1, 0.15) is 17.3 Å². The van der Waals surface area contributed by atoms with E-state index in [9.17, 15) is 13.2 Å². The molecule has 0 spiro atoms. The highest BCUT2D eigenvalue weighted by atomic mass is 35.5. The number of benzene rings is 2. The average Bonchev–Trinajstić information content (AvgIpc) is 2.55. The molecule has 0 saturated carbocycles. The van der Waals surface area contributed by atoms with E-state index in [1.54, 1.807) is 0 Å². The highest BCUT2D eigenvalue weighted by molar-refractivity contribution is 7.92. The van der Waals surface area contributed by atoms with Gasteiger partial charge in [0, 0.05) is 17.7 Å². The van der Waals surface area contributed by atoms with E-state index >= 15 is 0 Å². The van der Waals surface area contributed by atoms with E-state index in [0.29, 0.717) is 16.3 Å². The molecular weight excluding hydrogens is 354 g/mol. The maximum atomic E-state index is 12.5. The first-order chi connectivity index (χ1) is 11.3. The molecule has 8 heteroatoms. The quantitative estimate of drug-likeness (QED) is 0.789. The van der Waals surface area contributed by atoms with Crippen LogP contribution in [-0.4, -0.2) is 28.4 Å². The molecule has 0 radical (unpaired) electrons. The number of anilines is 1. The van der Waals surface area contributed by atoms with Crippen molar-refractivity contribution in [1.82, 2.24) is 0 Å². The van der Waals surface area contributed by atoms with Crippen molar-refractivity contribution < 1.29 is 22.7 Å². The summed E-state index contributed by atoms with van der Waals surface area (Å²) >= 11 is 6.00. The predicted octanol–water partition coefficient (Wildman–Crippen LogP) is 3.36. The first-order valence-electron chi connectivity index (χ1n) is 6.84. The number of hydrogen-bond donors (Lipinski definition) is 1. The van der Waals surface area contributed by atoms with Gasteiger partial charge in [0.05, 0.1) is 29.8 Å². The molecule has 2 aromatic carbocycles. The van der Waals surface area contributed by atoms with E-state index in [-0.39, 0.29) is 22.1 Å². The molecule has 0 amide bonds. The number of ketones is 1. The topological polar surface area (TPSA) is 81.7 Å². The normalized spacial score (nSPS) is 11.0. The third-order valence-electron chi connectivity index (χ3n) is 3.29. The molecule has 1 N–H and O–H groups in total. The number of rotatable bonds is 6. The molecule has 2 rings (SSSR count). The number of ether oxygens (including phenoxy) is 2. The summed E-state index contributed by atoms with van der Waals surface area (Å²) in [5.41, 5.74) is 0.620. The van der Waals surface area contributed by atoms with Gasteiger partial charge in [0.2, 0.25) is 0 Å². The minimum absolute atomic E-state index is 0.0171. The lowest BCUT2D eigenvalue weighted by Gasteiger charge is -2.14. The lowest BCUT2D eigenvalue weighted by molar-refractivity contribution is 0.101. The van der Waals surface area contributed by atoms with Crippen LogP contribution in [-0.2, 0) is 10.0 Å². The van der Waals surface area contributed by atoms with Gasteiger partial charge in [-0.2, -0.15) is 0 Å². The molecule has 0 atom stereocenters. The minimum atomic E-state index is -3.87. The van der Waals surface area contributed by atoms with Crippen molar-refractivity contribution in [3.05, 3.63) is 47.0 Å². The number of carbonyl (C=O) groups excluding carboxylic acids is 1. The lowest BCUT2D eigenvalue weighted by atomic mass is 10.2. The Morgan fingerprint density at radius 1 is 1.04 bits per heavy atom. The predicted molar refractivity (Wildman–Crippen MR) is 91.8 cm³/mol. The van der Waals surface area contributed by atoms with Crippen LogP contribution in [0.25, 0.3) is 0 Å². The third-order valence-corrected chi connectivity index (χ3v) is 4.97. The Hall–Kier alpha value is -2.25. The van der Waals surface area contributed by atoms with Crippen molar-refractivity contribution >= 4 is 33.1 Å². The second kappa shape index (κ2) is 7.11. The summed E-state index contributed by atoms with van der Waals surface area (Å²) in [5.74, 6) is 0.419. The van der Waals surface area contributed by atoms with Crippen molar-refractivity contribution in [2.24, 2.45) is 0 Å². The number of Topliss-reactive ketones (excluding diaryl/α,β-unsaturated/α-hetero) is 1. The van der Waals surface area contributed by atoms with Gasteiger partial charge in [-0.15, -0.1) is 0 Å². The van der Waals surface area contributed by atoms with Crippen molar-refractivity contribution in [2.45, 2.75) is 11.8 Å². The smallest absolute Gasteiger partial charge is 0.262 e. The van der Waals surface area contributed by atoms with Crippen LogP contribution in [0.5, 0.6) is 11.5 Å². The molecule has 0 bridgehead atoms. The Kier molecular flexibility index (Phi) is 5.36. The van der Waals surface area contributed by atoms with Crippen molar-refractivity contribution in [2.75, 3.05) is 18.9 Å². The second-order valence-electron chi connectivity index (χ2n) is 4.87. The Morgan fingerprint density at radius 2 is 1.62 bits per heavy atom. The van der Waals surface area contributed by atoms with Gasteiger partial charge in [0.25, 0.3) is 10.0 Å². The molecular formula is C16H16ClNO5S. The van der Waals surface area contributed by atoms with Gasteiger partial charge in [0.15, 0.2) is 5.78 Å². The summed E-state index contributed by atoms with van der Waals surface area (Å²) in [5, 5.41) is 0.295. The van der Waals surface area contributed by atoms with Gasteiger partial charge in [-0.05, 0) is 19.1 Å². The number of hydrogen-bond acceptors (Lipinski definition) is 5. The van der Waals surface area contributed by atoms with Crippen LogP contribution in [0.15, 0.2) is 41.3 Å². The third kappa shape index (κ3) is 3.80. The largest absolute Gasteiger partial charge is 0.495 e. The fourth-order valence-electron chi connectivity index (χ4n) is 2.01. The Morgan fingerprint density at radius 3 is 2.12 bits per heavy atom. The fourth-order valence-corrected chi connectivity index (χ4v) is 3.30. The molecule has 24 heavy (non-hydrogen) atoms. The van der Waals surface area contributed by atoms with Gasteiger partial charge in [-0.25, -0.2) is 8.42 Å². The van der Waals surface area contributed by atoms with E-state index in [1.807, 2.05) is 0 Å². The van der Waals surface area contributed by atoms with E-state index in [2.05, 4.69) is 4.72 Å². The second-order valence-corrected chi connectivity index (χ2v) is 6.96. The molecule has 0 aliphatic carbocycles. The molecule has 0 saturated heterocycles. The van der Waals surface area contributed by atoms with Crippen molar-refractivity contribution in [3.63, 3.8) is 0 Å². The van der Waals surface area contributed by atoms with E-state index in [0.717, 1.165) is 0 Å². The molecule has 0 unspecified atom stereocenters. The first kappa shape index (κ1) is 18.1. The SMILES string of the molecule is COc1cc(NS(=O)(=O)c2ccc(C(C)=O)cc2)c(OC)cc1Cl. The van der Waals surface area contributed by atoms with E-state index in [4.69, 9.17) is 21.1 Å². The minimum Gasteiger partial charge on any atom is -0.495 e. The molecule has 0 aromatic heterocycles. The van der Waals surface area contributed by atoms with Gasteiger partial charge in [0.1, 0.15) is 11.5 Å². The summed E-state index contributed by atoms with van der Waals surface area (Å²) in [4.78, 5) is 11.3. The number of methoxy groups -OCH3 is 2. The maximum Gasteiger partial charge on any atom is 0.262 e.